The fourth-order valence-corrected chi connectivity index (χ4v) is 2.85. The third-order valence-corrected chi connectivity index (χ3v) is 4.50. The first-order valence-electron chi connectivity index (χ1n) is 6.73. The van der Waals surface area contributed by atoms with Crippen LogP contribution in [0.4, 0.5) is 6.01 Å². The molecule has 1 N–H and O–H groups in total. The summed E-state index contributed by atoms with van der Waals surface area (Å²) >= 11 is 0. The Balaban J connectivity index is 1.82. The van der Waals surface area contributed by atoms with Crippen LogP contribution < -0.4 is 10.2 Å². The van der Waals surface area contributed by atoms with Crippen LogP contribution in [0, 0.1) is 0 Å². The number of rotatable bonds is 7. The van der Waals surface area contributed by atoms with Crippen LogP contribution in [0.2, 0.25) is 0 Å². The molecule has 0 amide bonds. The van der Waals surface area contributed by atoms with Gasteiger partial charge in [-0.25, -0.2) is 8.42 Å². The molecule has 1 saturated heterocycles. The van der Waals surface area contributed by atoms with Crippen molar-refractivity contribution in [3.8, 4) is 0 Å². The minimum Gasteiger partial charge on any atom is -0.407 e. The number of hydrogen-bond acceptors (Lipinski definition) is 8. The molecular weight excluding hydrogens is 298 g/mol. The maximum atomic E-state index is 11.4. The number of nitrogens with zero attached hydrogens (tertiary/aromatic N) is 4. The number of aromatic nitrogens is 2. The molecule has 1 aliphatic heterocycles. The van der Waals surface area contributed by atoms with Gasteiger partial charge in [0.05, 0.1) is 19.4 Å². The van der Waals surface area contributed by atoms with Crippen LogP contribution in [0.15, 0.2) is 4.42 Å². The summed E-state index contributed by atoms with van der Waals surface area (Å²) in [5.74, 6) is 0.506. The van der Waals surface area contributed by atoms with Gasteiger partial charge in [-0.1, -0.05) is 5.10 Å². The number of nitrogens with one attached hydrogen (secondary N) is 1. The Morgan fingerprint density at radius 1 is 1.29 bits per heavy atom. The molecule has 1 aromatic heterocycles. The van der Waals surface area contributed by atoms with E-state index in [1.165, 1.54) is 10.6 Å². The van der Waals surface area contributed by atoms with Gasteiger partial charge in [0.1, 0.15) is 0 Å². The summed E-state index contributed by atoms with van der Waals surface area (Å²) < 4.78 is 34.8. The van der Waals surface area contributed by atoms with E-state index in [2.05, 4.69) is 15.5 Å². The normalized spacial score (nSPS) is 17.3. The summed E-state index contributed by atoms with van der Waals surface area (Å²) in [6.45, 7) is 3.78. The summed E-state index contributed by atoms with van der Waals surface area (Å²) in [4.78, 5) is 1.90. The van der Waals surface area contributed by atoms with Crippen molar-refractivity contribution in [2.24, 2.45) is 0 Å². The predicted molar refractivity (Wildman–Crippen MR) is 76.5 cm³/mol. The Morgan fingerprint density at radius 3 is 2.62 bits per heavy atom. The average molecular weight is 319 g/mol. The lowest BCUT2D eigenvalue weighted by Gasteiger charge is -2.31. The molecule has 1 aliphatic rings. The van der Waals surface area contributed by atoms with Gasteiger partial charge in [0.15, 0.2) is 0 Å². The first kappa shape index (κ1) is 16.1. The van der Waals surface area contributed by atoms with Crippen molar-refractivity contribution in [1.29, 1.82) is 0 Å². The molecule has 2 heterocycles. The Labute approximate surface area is 124 Å². The number of ether oxygens (including phenoxy) is 1. The minimum absolute atomic E-state index is 0.433. The SMILES string of the molecule is COCCNCc1nnc(N2CCN(S(C)(=O)=O)CC2)o1. The van der Waals surface area contributed by atoms with E-state index in [1.807, 2.05) is 4.90 Å². The largest absolute Gasteiger partial charge is 0.407 e. The monoisotopic (exact) mass is 319 g/mol. The maximum Gasteiger partial charge on any atom is 0.318 e. The lowest BCUT2D eigenvalue weighted by atomic mass is 10.4. The van der Waals surface area contributed by atoms with E-state index >= 15 is 0 Å². The summed E-state index contributed by atoms with van der Waals surface area (Å²) in [5, 5.41) is 11.1. The standard InChI is InChI=1S/C11H21N5O4S/c1-19-8-3-12-9-10-13-14-11(20-10)15-4-6-16(7-5-15)21(2,17)18/h12H,3-9H2,1-2H3. The van der Waals surface area contributed by atoms with Gasteiger partial charge in [-0.05, 0) is 0 Å². The second-order valence-electron chi connectivity index (χ2n) is 4.80. The number of methoxy groups -OCH3 is 1. The molecule has 2 rings (SSSR count). The van der Waals surface area contributed by atoms with Gasteiger partial charge in [-0.2, -0.15) is 4.31 Å². The molecule has 9 nitrogen and oxygen atoms in total. The van der Waals surface area contributed by atoms with Crippen molar-refractivity contribution >= 4 is 16.0 Å². The summed E-state index contributed by atoms with van der Waals surface area (Å²) in [7, 11) is -1.48. The van der Waals surface area contributed by atoms with Crippen LogP contribution in [-0.4, -0.2) is 75.6 Å². The zero-order valence-corrected chi connectivity index (χ0v) is 13.1. The third kappa shape index (κ3) is 4.63. The zero-order chi connectivity index (χ0) is 15.3. The Bertz CT molecular complexity index is 539. The first-order chi connectivity index (χ1) is 10.0. The van der Waals surface area contributed by atoms with Gasteiger partial charge in [0.2, 0.25) is 15.9 Å². The molecule has 0 aromatic carbocycles. The van der Waals surface area contributed by atoms with E-state index in [0.717, 1.165) is 0 Å². The molecule has 0 atom stereocenters. The highest BCUT2D eigenvalue weighted by molar-refractivity contribution is 7.88. The molecule has 21 heavy (non-hydrogen) atoms. The van der Waals surface area contributed by atoms with E-state index in [1.54, 1.807) is 7.11 Å². The molecule has 0 spiro atoms. The smallest absolute Gasteiger partial charge is 0.318 e. The van der Waals surface area contributed by atoms with Crippen molar-refractivity contribution in [2.45, 2.75) is 6.54 Å². The highest BCUT2D eigenvalue weighted by Crippen LogP contribution is 2.15. The van der Waals surface area contributed by atoms with Crippen molar-refractivity contribution in [1.82, 2.24) is 19.8 Å². The van der Waals surface area contributed by atoms with Crippen LogP contribution in [0.25, 0.3) is 0 Å². The quantitative estimate of drug-likeness (QED) is 0.631. The maximum absolute atomic E-state index is 11.4. The van der Waals surface area contributed by atoms with Crippen molar-refractivity contribution < 1.29 is 17.6 Å². The van der Waals surface area contributed by atoms with E-state index in [-0.39, 0.29) is 0 Å². The molecule has 0 bridgehead atoms. The van der Waals surface area contributed by atoms with E-state index in [0.29, 0.717) is 57.8 Å². The third-order valence-electron chi connectivity index (χ3n) is 3.19. The van der Waals surface area contributed by atoms with E-state index < -0.39 is 10.0 Å². The molecule has 1 fully saturated rings. The second kappa shape index (κ2) is 7.16. The lowest BCUT2D eigenvalue weighted by molar-refractivity contribution is 0.198. The number of hydrogen-bond donors (Lipinski definition) is 1. The van der Waals surface area contributed by atoms with Gasteiger partial charge in [0.25, 0.3) is 0 Å². The van der Waals surface area contributed by atoms with Crippen LogP contribution >= 0.6 is 0 Å². The fourth-order valence-electron chi connectivity index (χ4n) is 2.02. The molecule has 0 radical (unpaired) electrons. The average Bonchev–Trinajstić information content (AvgIpc) is 2.92. The molecule has 120 valence electrons. The highest BCUT2D eigenvalue weighted by atomic mass is 32.2. The Morgan fingerprint density at radius 2 is 2.00 bits per heavy atom. The van der Waals surface area contributed by atoms with E-state index in [9.17, 15) is 8.42 Å². The van der Waals surface area contributed by atoms with Crippen LogP contribution in [0.5, 0.6) is 0 Å². The number of sulfonamides is 1. The summed E-state index contributed by atoms with van der Waals surface area (Å²) in [5.41, 5.74) is 0. The summed E-state index contributed by atoms with van der Waals surface area (Å²) in [6.07, 6.45) is 1.22. The summed E-state index contributed by atoms with van der Waals surface area (Å²) in [6, 6.07) is 0.437. The first-order valence-corrected chi connectivity index (χ1v) is 8.57. The lowest BCUT2D eigenvalue weighted by Crippen LogP contribution is -2.48. The minimum atomic E-state index is -3.13. The van der Waals surface area contributed by atoms with Crippen LogP contribution in [0.1, 0.15) is 5.89 Å². The second-order valence-corrected chi connectivity index (χ2v) is 6.78. The van der Waals surface area contributed by atoms with Gasteiger partial charge in [-0.15, -0.1) is 5.10 Å². The van der Waals surface area contributed by atoms with Crippen molar-refractivity contribution in [3.05, 3.63) is 5.89 Å². The topological polar surface area (TPSA) is 101 Å². The molecular formula is C11H21N5O4S. The van der Waals surface area contributed by atoms with Crippen LogP contribution in [0.3, 0.4) is 0 Å². The zero-order valence-electron chi connectivity index (χ0n) is 12.3. The van der Waals surface area contributed by atoms with Crippen molar-refractivity contribution in [3.63, 3.8) is 0 Å². The Hall–Kier alpha value is -1.23. The van der Waals surface area contributed by atoms with Crippen LogP contribution in [-0.2, 0) is 21.3 Å². The van der Waals surface area contributed by atoms with E-state index in [4.69, 9.17) is 9.15 Å². The molecule has 0 saturated carbocycles. The number of piperazine rings is 1. The number of anilines is 1. The van der Waals surface area contributed by atoms with Gasteiger partial charge in [-0.3, -0.25) is 0 Å². The molecule has 10 heteroatoms. The fraction of sp³-hybridized carbons (Fsp3) is 0.818. The Kier molecular flexibility index (Phi) is 5.51. The van der Waals surface area contributed by atoms with Gasteiger partial charge >= 0.3 is 6.01 Å². The predicted octanol–water partition coefficient (Wildman–Crippen LogP) is -1.11. The molecule has 1 aromatic rings. The molecule has 0 aliphatic carbocycles. The highest BCUT2D eigenvalue weighted by Gasteiger charge is 2.25. The molecule has 0 unspecified atom stereocenters. The van der Waals surface area contributed by atoms with Crippen molar-refractivity contribution in [2.75, 3.05) is 57.6 Å². The van der Waals surface area contributed by atoms with Gasteiger partial charge < -0.3 is 19.4 Å². The van der Waals surface area contributed by atoms with Gasteiger partial charge in [0, 0.05) is 39.8 Å².